The molecule has 0 radical (unpaired) electrons. The number of hydrogen-bond acceptors (Lipinski definition) is 5. The summed E-state index contributed by atoms with van der Waals surface area (Å²) in [4.78, 5) is 4.22. The van der Waals surface area contributed by atoms with E-state index < -0.39 is 5.79 Å². The van der Waals surface area contributed by atoms with Gasteiger partial charge in [-0.1, -0.05) is 0 Å². The first-order chi connectivity index (χ1) is 8.50. The van der Waals surface area contributed by atoms with Crippen LogP contribution in [0.1, 0.15) is 26.6 Å². The highest BCUT2D eigenvalue weighted by molar-refractivity contribution is 5.26. The van der Waals surface area contributed by atoms with Crippen LogP contribution in [0.4, 0.5) is 5.82 Å². The van der Waals surface area contributed by atoms with Crippen molar-refractivity contribution >= 4 is 5.82 Å². The number of aromatic nitrogens is 2. The van der Waals surface area contributed by atoms with Crippen LogP contribution < -0.4 is 5.73 Å². The van der Waals surface area contributed by atoms with E-state index in [-0.39, 0.29) is 0 Å². The molecule has 0 amide bonds. The standard InChI is InChI=1S/C12H19N3O3/c1-4-16-8-11-14-10(13)6-15(11)5-9-7-17-12(2,3)18-9/h6-7H,4-5,8,13H2,1-3H3. The maximum atomic E-state index is 5.70. The van der Waals surface area contributed by atoms with Crippen LogP contribution in [-0.4, -0.2) is 21.9 Å². The van der Waals surface area contributed by atoms with Crippen molar-refractivity contribution in [3.05, 3.63) is 24.0 Å². The molecule has 6 nitrogen and oxygen atoms in total. The summed E-state index contributed by atoms with van der Waals surface area (Å²) in [6, 6.07) is 0. The molecule has 0 saturated heterocycles. The lowest BCUT2D eigenvalue weighted by atomic mass is 10.4. The Labute approximate surface area is 106 Å². The van der Waals surface area contributed by atoms with E-state index >= 15 is 0 Å². The maximum Gasteiger partial charge on any atom is 0.244 e. The first-order valence-corrected chi connectivity index (χ1v) is 5.95. The largest absolute Gasteiger partial charge is 0.457 e. The fourth-order valence-corrected chi connectivity index (χ4v) is 1.73. The van der Waals surface area contributed by atoms with E-state index in [0.717, 1.165) is 11.6 Å². The Kier molecular flexibility index (Phi) is 3.47. The first-order valence-electron chi connectivity index (χ1n) is 5.95. The SMILES string of the molecule is CCOCc1nc(N)cn1CC1=COC(C)(C)O1. The third kappa shape index (κ3) is 2.95. The molecule has 0 spiro atoms. The molecule has 0 bridgehead atoms. The van der Waals surface area contributed by atoms with Crippen molar-refractivity contribution in [3.8, 4) is 0 Å². The Hall–Kier alpha value is -1.69. The van der Waals surface area contributed by atoms with Crippen LogP contribution in [0.2, 0.25) is 0 Å². The zero-order valence-electron chi connectivity index (χ0n) is 11.0. The molecule has 1 aliphatic rings. The quantitative estimate of drug-likeness (QED) is 0.863. The predicted octanol–water partition coefficient (Wildman–Crippen LogP) is 1.63. The van der Waals surface area contributed by atoms with Crippen molar-refractivity contribution in [2.24, 2.45) is 0 Å². The summed E-state index contributed by atoms with van der Waals surface area (Å²) in [6.45, 7) is 7.28. The minimum atomic E-state index is -0.596. The van der Waals surface area contributed by atoms with Crippen LogP contribution in [0.3, 0.4) is 0 Å². The lowest BCUT2D eigenvalue weighted by Crippen LogP contribution is -2.21. The van der Waals surface area contributed by atoms with Crippen molar-refractivity contribution in [1.29, 1.82) is 0 Å². The van der Waals surface area contributed by atoms with E-state index in [4.69, 9.17) is 19.9 Å². The van der Waals surface area contributed by atoms with Crippen molar-refractivity contribution < 1.29 is 14.2 Å². The van der Waals surface area contributed by atoms with Gasteiger partial charge < -0.3 is 24.5 Å². The molecule has 2 heterocycles. The second kappa shape index (κ2) is 4.89. The number of ether oxygens (including phenoxy) is 3. The second-order valence-corrected chi connectivity index (χ2v) is 4.55. The summed E-state index contributed by atoms with van der Waals surface area (Å²) in [6.07, 6.45) is 3.39. The van der Waals surface area contributed by atoms with Gasteiger partial charge in [-0.15, -0.1) is 0 Å². The first kappa shape index (κ1) is 12.8. The lowest BCUT2D eigenvalue weighted by molar-refractivity contribution is -0.118. The minimum absolute atomic E-state index is 0.436. The number of nitrogens with two attached hydrogens (primary N) is 1. The van der Waals surface area contributed by atoms with Gasteiger partial charge in [0.1, 0.15) is 24.5 Å². The highest BCUT2D eigenvalue weighted by atomic mass is 16.7. The van der Waals surface area contributed by atoms with Gasteiger partial charge in [0.05, 0.1) is 6.54 Å². The molecule has 6 heteroatoms. The monoisotopic (exact) mass is 253 g/mol. The average molecular weight is 253 g/mol. The van der Waals surface area contributed by atoms with Gasteiger partial charge in [-0.25, -0.2) is 4.98 Å². The van der Waals surface area contributed by atoms with Gasteiger partial charge in [0, 0.05) is 26.7 Å². The van der Waals surface area contributed by atoms with Gasteiger partial charge in [-0.3, -0.25) is 0 Å². The number of hydrogen-bond donors (Lipinski definition) is 1. The highest BCUT2D eigenvalue weighted by Crippen LogP contribution is 2.25. The number of imidazole rings is 1. The van der Waals surface area contributed by atoms with Crippen LogP contribution >= 0.6 is 0 Å². The maximum absolute atomic E-state index is 5.70. The van der Waals surface area contributed by atoms with Gasteiger partial charge in [-0.2, -0.15) is 0 Å². The van der Waals surface area contributed by atoms with E-state index in [9.17, 15) is 0 Å². The molecule has 0 aliphatic carbocycles. The van der Waals surface area contributed by atoms with E-state index in [1.54, 1.807) is 12.5 Å². The summed E-state index contributed by atoms with van der Waals surface area (Å²) >= 11 is 0. The number of nitrogen functional groups attached to an aromatic ring is 1. The normalized spacial score (nSPS) is 17.2. The predicted molar refractivity (Wildman–Crippen MR) is 66.3 cm³/mol. The molecular formula is C12H19N3O3. The molecule has 1 aliphatic heterocycles. The number of rotatable bonds is 5. The van der Waals surface area contributed by atoms with Gasteiger partial charge in [0.2, 0.25) is 5.79 Å². The molecule has 0 unspecified atom stereocenters. The van der Waals surface area contributed by atoms with Crippen molar-refractivity contribution in [3.63, 3.8) is 0 Å². The summed E-state index contributed by atoms with van der Waals surface area (Å²) in [5.74, 6) is 1.41. The molecule has 2 rings (SSSR count). The Balaban J connectivity index is 2.05. The molecule has 2 N–H and O–H groups in total. The van der Waals surface area contributed by atoms with Crippen LogP contribution in [0.25, 0.3) is 0 Å². The van der Waals surface area contributed by atoms with E-state index in [1.807, 2.05) is 25.3 Å². The van der Waals surface area contributed by atoms with Gasteiger partial charge in [-0.05, 0) is 6.92 Å². The molecule has 18 heavy (non-hydrogen) atoms. The molecule has 1 aromatic heterocycles. The lowest BCUT2D eigenvalue weighted by Gasteiger charge is -2.18. The highest BCUT2D eigenvalue weighted by Gasteiger charge is 2.27. The minimum Gasteiger partial charge on any atom is -0.457 e. The molecule has 0 fully saturated rings. The Morgan fingerprint density at radius 3 is 2.89 bits per heavy atom. The van der Waals surface area contributed by atoms with Crippen LogP contribution in [0.5, 0.6) is 0 Å². The number of allylic oxidation sites excluding steroid dienone is 1. The number of nitrogens with zero attached hydrogens (tertiary/aromatic N) is 2. The smallest absolute Gasteiger partial charge is 0.244 e. The summed E-state index contributed by atoms with van der Waals surface area (Å²) < 4.78 is 18.3. The fourth-order valence-electron chi connectivity index (χ4n) is 1.73. The summed E-state index contributed by atoms with van der Waals surface area (Å²) in [7, 11) is 0. The number of anilines is 1. The molecule has 0 aromatic carbocycles. The van der Waals surface area contributed by atoms with Crippen LogP contribution in [0, 0.1) is 0 Å². The van der Waals surface area contributed by atoms with Crippen molar-refractivity contribution in [2.75, 3.05) is 12.3 Å². The average Bonchev–Trinajstić information content (AvgIpc) is 2.79. The Morgan fingerprint density at radius 1 is 1.50 bits per heavy atom. The van der Waals surface area contributed by atoms with Crippen LogP contribution in [0.15, 0.2) is 18.2 Å². The zero-order valence-corrected chi connectivity index (χ0v) is 11.0. The zero-order chi connectivity index (χ0) is 13.2. The topological polar surface area (TPSA) is 71.5 Å². The Morgan fingerprint density at radius 2 is 2.28 bits per heavy atom. The molecule has 100 valence electrons. The fraction of sp³-hybridized carbons (Fsp3) is 0.583. The van der Waals surface area contributed by atoms with Crippen LogP contribution in [-0.2, 0) is 27.4 Å². The van der Waals surface area contributed by atoms with E-state index in [2.05, 4.69) is 4.98 Å². The third-order valence-corrected chi connectivity index (χ3v) is 2.49. The second-order valence-electron chi connectivity index (χ2n) is 4.55. The van der Waals surface area contributed by atoms with Gasteiger partial charge in [0.25, 0.3) is 0 Å². The molecule has 0 saturated carbocycles. The van der Waals surface area contributed by atoms with E-state index in [1.165, 1.54) is 0 Å². The van der Waals surface area contributed by atoms with Gasteiger partial charge >= 0.3 is 0 Å². The van der Waals surface area contributed by atoms with Crippen molar-refractivity contribution in [2.45, 2.75) is 39.7 Å². The molecular weight excluding hydrogens is 234 g/mol. The summed E-state index contributed by atoms with van der Waals surface area (Å²) in [5, 5.41) is 0. The molecule has 1 aromatic rings. The molecule has 0 atom stereocenters. The van der Waals surface area contributed by atoms with E-state index in [0.29, 0.717) is 25.6 Å². The third-order valence-electron chi connectivity index (χ3n) is 2.49. The van der Waals surface area contributed by atoms with Gasteiger partial charge in [0.15, 0.2) is 5.76 Å². The summed E-state index contributed by atoms with van der Waals surface area (Å²) in [5.41, 5.74) is 5.70. The van der Waals surface area contributed by atoms with Crippen molar-refractivity contribution in [1.82, 2.24) is 9.55 Å². The Bertz CT molecular complexity index is 451.